The maximum atomic E-state index is 11.6. The van der Waals surface area contributed by atoms with Gasteiger partial charge in [-0.1, -0.05) is 42.5 Å². The molecule has 3 rings (SSSR count). The van der Waals surface area contributed by atoms with Gasteiger partial charge in [0.15, 0.2) is 0 Å². The van der Waals surface area contributed by atoms with Gasteiger partial charge in [-0.25, -0.2) is 0 Å². The maximum absolute atomic E-state index is 11.6. The molecular weight excluding hydrogens is 312 g/mol. The molecule has 1 aliphatic rings. The van der Waals surface area contributed by atoms with E-state index in [2.05, 4.69) is 10.2 Å². The first-order chi connectivity index (χ1) is 12.2. The van der Waals surface area contributed by atoms with E-state index in [9.17, 15) is 9.90 Å². The van der Waals surface area contributed by atoms with Crippen LogP contribution in [-0.2, 0) is 6.54 Å². The molecular formula is C21H26N2O2. The number of hydrogen-bond acceptors (Lipinski definition) is 3. The van der Waals surface area contributed by atoms with Gasteiger partial charge < -0.3 is 10.4 Å². The minimum atomic E-state index is -0.414. The van der Waals surface area contributed by atoms with Crippen molar-refractivity contribution in [2.45, 2.75) is 38.0 Å². The Kier molecular flexibility index (Phi) is 5.84. The van der Waals surface area contributed by atoms with Gasteiger partial charge in [0.1, 0.15) is 0 Å². The number of aliphatic hydroxyl groups excluding tert-OH is 1. The van der Waals surface area contributed by atoms with Crippen LogP contribution in [0.4, 0.5) is 0 Å². The van der Waals surface area contributed by atoms with Crippen LogP contribution in [0.5, 0.6) is 0 Å². The lowest BCUT2D eigenvalue weighted by Crippen LogP contribution is -2.30. The van der Waals surface area contributed by atoms with Crippen LogP contribution in [-0.4, -0.2) is 35.5 Å². The van der Waals surface area contributed by atoms with Gasteiger partial charge in [-0.2, -0.15) is 0 Å². The zero-order valence-corrected chi connectivity index (χ0v) is 14.7. The summed E-state index contributed by atoms with van der Waals surface area (Å²) in [4.78, 5) is 14.1. The van der Waals surface area contributed by atoms with E-state index in [1.165, 1.54) is 12.0 Å². The maximum Gasteiger partial charge on any atom is 0.251 e. The summed E-state index contributed by atoms with van der Waals surface area (Å²) >= 11 is 0. The highest BCUT2D eigenvalue weighted by atomic mass is 16.3. The van der Waals surface area contributed by atoms with E-state index in [0.717, 1.165) is 31.5 Å². The number of rotatable bonds is 6. The SMILES string of the molecule is CNC(=O)c1ccc(CN2CCC[C@@H]2C[C@@H](O)c2ccccc2)cc1. The second-order valence-electron chi connectivity index (χ2n) is 6.70. The third-order valence-electron chi connectivity index (χ3n) is 5.01. The Morgan fingerprint density at radius 2 is 1.92 bits per heavy atom. The van der Waals surface area contributed by atoms with Gasteiger partial charge in [0, 0.05) is 25.2 Å². The first-order valence-electron chi connectivity index (χ1n) is 8.95. The minimum Gasteiger partial charge on any atom is -0.388 e. The number of amides is 1. The molecule has 4 nitrogen and oxygen atoms in total. The Labute approximate surface area is 149 Å². The number of carbonyl (C=O) groups is 1. The molecule has 0 radical (unpaired) electrons. The highest BCUT2D eigenvalue weighted by molar-refractivity contribution is 5.93. The van der Waals surface area contributed by atoms with Gasteiger partial charge in [0.25, 0.3) is 5.91 Å². The van der Waals surface area contributed by atoms with Crippen molar-refractivity contribution in [1.29, 1.82) is 0 Å². The van der Waals surface area contributed by atoms with Crippen LogP contribution in [0, 0.1) is 0 Å². The molecule has 2 aromatic rings. The third-order valence-corrected chi connectivity index (χ3v) is 5.01. The van der Waals surface area contributed by atoms with Gasteiger partial charge >= 0.3 is 0 Å². The molecule has 1 heterocycles. The fourth-order valence-corrected chi connectivity index (χ4v) is 3.58. The molecule has 1 amide bonds. The van der Waals surface area contributed by atoms with Crippen LogP contribution in [0.2, 0.25) is 0 Å². The van der Waals surface area contributed by atoms with Crippen LogP contribution in [0.3, 0.4) is 0 Å². The van der Waals surface area contributed by atoms with E-state index < -0.39 is 6.10 Å². The van der Waals surface area contributed by atoms with Crippen LogP contribution in [0.25, 0.3) is 0 Å². The number of benzene rings is 2. The Bertz CT molecular complexity index is 685. The second-order valence-corrected chi connectivity index (χ2v) is 6.70. The van der Waals surface area contributed by atoms with Crippen LogP contribution >= 0.6 is 0 Å². The molecule has 2 N–H and O–H groups in total. The molecule has 25 heavy (non-hydrogen) atoms. The number of likely N-dealkylation sites (tertiary alicyclic amines) is 1. The van der Waals surface area contributed by atoms with E-state index in [1.54, 1.807) is 7.05 Å². The molecule has 0 spiro atoms. The molecule has 0 saturated carbocycles. The van der Waals surface area contributed by atoms with E-state index in [1.807, 2.05) is 54.6 Å². The smallest absolute Gasteiger partial charge is 0.251 e. The summed E-state index contributed by atoms with van der Waals surface area (Å²) in [6.45, 7) is 1.92. The first kappa shape index (κ1) is 17.6. The fourth-order valence-electron chi connectivity index (χ4n) is 3.58. The monoisotopic (exact) mass is 338 g/mol. The average molecular weight is 338 g/mol. The molecule has 132 valence electrons. The lowest BCUT2D eigenvalue weighted by atomic mass is 10.00. The van der Waals surface area contributed by atoms with Crippen molar-refractivity contribution in [3.05, 3.63) is 71.3 Å². The van der Waals surface area contributed by atoms with E-state index >= 15 is 0 Å². The first-order valence-corrected chi connectivity index (χ1v) is 8.95. The Hall–Kier alpha value is -2.17. The summed E-state index contributed by atoms with van der Waals surface area (Å²) in [6, 6.07) is 18.1. The predicted octanol–water partition coefficient (Wildman–Crippen LogP) is 3.13. The standard InChI is InChI=1S/C21H26N2O2/c1-22-21(25)18-11-9-16(10-12-18)15-23-13-5-8-19(23)14-20(24)17-6-3-2-4-7-17/h2-4,6-7,9-12,19-20,24H,5,8,13-15H2,1H3,(H,22,25)/t19-,20-/m1/s1. The fraction of sp³-hybridized carbons (Fsp3) is 0.381. The van der Waals surface area contributed by atoms with E-state index in [-0.39, 0.29) is 5.91 Å². The van der Waals surface area contributed by atoms with Crippen molar-refractivity contribution in [3.8, 4) is 0 Å². The molecule has 2 atom stereocenters. The van der Waals surface area contributed by atoms with Crippen LogP contribution < -0.4 is 5.32 Å². The van der Waals surface area contributed by atoms with Crippen molar-refractivity contribution >= 4 is 5.91 Å². The van der Waals surface area contributed by atoms with Crippen molar-refractivity contribution in [3.63, 3.8) is 0 Å². The molecule has 0 unspecified atom stereocenters. The van der Waals surface area contributed by atoms with Gasteiger partial charge in [0.2, 0.25) is 0 Å². The van der Waals surface area contributed by atoms with Crippen molar-refractivity contribution < 1.29 is 9.90 Å². The molecule has 1 fully saturated rings. The largest absolute Gasteiger partial charge is 0.388 e. The molecule has 0 aromatic heterocycles. The van der Waals surface area contributed by atoms with Crippen molar-refractivity contribution in [2.75, 3.05) is 13.6 Å². The summed E-state index contributed by atoms with van der Waals surface area (Å²) in [6.07, 6.45) is 2.64. The lowest BCUT2D eigenvalue weighted by Gasteiger charge is -2.26. The summed E-state index contributed by atoms with van der Waals surface area (Å²) in [7, 11) is 1.64. The predicted molar refractivity (Wildman–Crippen MR) is 99.3 cm³/mol. The average Bonchev–Trinajstić information content (AvgIpc) is 3.09. The van der Waals surface area contributed by atoms with E-state index in [4.69, 9.17) is 0 Å². The summed E-state index contributed by atoms with van der Waals surface area (Å²) < 4.78 is 0. The Balaban J connectivity index is 1.61. The minimum absolute atomic E-state index is 0.0587. The highest BCUT2D eigenvalue weighted by Gasteiger charge is 2.27. The molecule has 2 aromatic carbocycles. The van der Waals surface area contributed by atoms with E-state index in [0.29, 0.717) is 11.6 Å². The Morgan fingerprint density at radius 3 is 2.60 bits per heavy atom. The normalized spacial score (nSPS) is 18.9. The number of aliphatic hydroxyl groups is 1. The zero-order chi connectivity index (χ0) is 17.6. The van der Waals surface area contributed by atoms with Crippen molar-refractivity contribution in [2.24, 2.45) is 0 Å². The second kappa shape index (κ2) is 8.28. The molecule has 4 heteroatoms. The third kappa shape index (κ3) is 4.47. The topological polar surface area (TPSA) is 52.6 Å². The number of carbonyl (C=O) groups excluding carboxylic acids is 1. The molecule has 0 aliphatic carbocycles. The van der Waals surface area contributed by atoms with Gasteiger partial charge in [-0.05, 0) is 49.1 Å². The number of nitrogens with zero attached hydrogens (tertiary/aromatic N) is 1. The summed E-state index contributed by atoms with van der Waals surface area (Å²) in [5.74, 6) is -0.0587. The van der Waals surface area contributed by atoms with Gasteiger partial charge in [-0.3, -0.25) is 9.69 Å². The zero-order valence-electron chi connectivity index (χ0n) is 14.7. The molecule has 1 aliphatic heterocycles. The summed E-state index contributed by atoms with van der Waals surface area (Å²) in [5, 5.41) is 13.2. The number of nitrogens with one attached hydrogen (secondary N) is 1. The van der Waals surface area contributed by atoms with Crippen LogP contribution in [0.15, 0.2) is 54.6 Å². The van der Waals surface area contributed by atoms with Gasteiger partial charge in [-0.15, -0.1) is 0 Å². The van der Waals surface area contributed by atoms with Crippen LogP contribution in [0.1, 0.15) is 46.9 Å². The molecule has 0 bridgehead atoms. The lowest BCUT2D eigenvalue weighted by molar-refractivity contribution is 0.0963. The number of hydrogen-bond donors (Lipinski definition) is 2. The highest BCUT2D eigenvalue weighted by Crippen LogP contribution is 2.28. The van der Waals surface area contributed by atoms with Gasteiger partial charge in [0.05, 0.1) is 6.10 Å². The Morgan fingerprint density at radius 1 is 1.20 bits per heavy atom. The quantitative estimate of drug-likeness (QED) is 0.851. The summed E-state index contributed by atoms with van der Waals surface area (Å²) in [5.41, 5.74) is 2.88. The van der Waals surface area contributed by atoms with Crippen molar-refractivity contribution in [1.82, 2.24) is 10.2 Å². The molecule has 1 saturated heterocycles.